The summed E-state index contributed by atoms with van der Waals surface area (Å²) in [5.41, 5.74) is 1.96. The van der Waals surface area contributed by atoms with Crippen molar-refractivity contribution < 1.29 is 19.4 Å². The van der Waals surface area contributed by atoms with Gasteiger partial charge in [-0.2, -0.15) is 0 Å². The number of nitrogens with zero attached hydrogens (tertiary/aromatic N) is 4. The molecule has 4 rings (SSSR count). The number of fused-ring (bicyclic) bond motifs is 1. The largest absolute Gasteiger partial charge is 0.479 e. The quantitative estimate of drug-likeness (QED) is 0.517. The Kier molecular flexibility index (Phi) is 7.33. The second kappa shape index (κ2) is 10.4. The van der Waals surface area contributed by atoms with Gasteiger partial charge in [0, 0.05) is 38.6 Å². The zero-order chi connectivity index (χ0) is 24.2. The van der Waals surface area contributed by atoms with Crippen LogP contribution in [0, 0.1) is 0 Å². The molecule has 3 aromatic rings. The number of piperidine rings is 1. The number of anilines is 1. The minimum absolute atomic E-state index is 0.00847. The fourth-order valence-electron chi connectivity index (χ4n) is 4.21. The average Bonchev–Trinajstić information content (AvgIpc) is 2.82. The Morgan fingerprint density at radius 3 is 2.91 bits per heavy atom. The molecule has 1 saturated heterocycles. The molecule has 1 aliphatic heterocycles. The zero-order valence-electron chi connectivity index (χ0n) is 19.2. The number of ether oxygens (including phenoxy) is 2. The molecule has 1 unspecified atom stereocenters. The summed E-state index contributed by atoms with van der Waals surface area (Å²) in [5, 5.41) is 10.1. The highest BCUT2D eigenvalue weighted by Crippen LogP contribution is 2.25. The molecule has 180 valence electrons. The normalized spacial score (nSPS) is 16.1. The first-order valence-electron chi connectivity index (χ1n) is 11.2. The number of carboxylic acid groups (broad SMARTS) is 1. The van der Waals surface area contributed by atoms with Crippen LogP contribution in [0.15, 0.2) is 35.3 Å². The molecule has 0 amide bonds. The highest BCUT2D eigenvalue weighted by atomic mass is 35.5. The molecule has 1 atom stereocenters. The van der Waals surface area contributed by atoms with E-state index in [2.05, 4.69) is 9.88 Å². The maximum Gasteiger partial charge on any atom is 0.341 e. The van der Waals surface area contributed by atoms with Crippen molar-refractivity contribution in [1.29, 1.82) is 0 Å². The molecule has 34 heavy (non-hydrogen) atoms. The first-order valence-corrected chi connectivity index (χ1v) is 11.6. The minimum Gasteiger partial charge on any atom is -0.479 e. The van der Waals surface area contributed by atoms with Crippen molar-refractivity contribution in [1.82, 2.24) is 14.5 Å². The van der Waals surface area contributed by atoms with Crippen molar-refractivity contribution in [2.24, 2.45) is 7.05 Å². The molecule has 2 aromatic heterocycles. The second-order valence-electron chi connectivity index (χ2n) is 8.26. The second-order valence-corrected chi connectivity index (χ2v) is 8.66. The third kappa shape index (κ3) is 5.31. The highest BCUT2D eigenvalue weighted by Gasteiger charge is 2.22. The van der Waals surface area contributed by atoms with Gasteiger partial charge < -0.3 is 24.0 Å². The van der Waals surface area contributed by atoms with Crippen molar-refractivity contribution in [2.45, 2.75) is 32.3 Å². The van der Waals surface area contributed by atoms with Crippen LogP contribution in [0.4, 0.5) is 5.95 Å². The Bertz CT molecular complexity index is 1260. The number of carboxylic acids is 1. The van der Waals surface area contributed by atoms with E-state index in [4.69, 9.17) is 31.2 Å². The van der Waals surface area contributed by atoms with E-state index in [0.29, 0.717) is 35.2 Å². The Morgan fingerprint density at radius 2 is 2.15 bits per heavy atom. The van der Waals surface area contributed by atoms with Gasteiger partial charge in [-0.25, -0.2) is 14.8 Å². The van der Waals surface area contributed by atoms with Crippen molar-refractivity contribution in [2.75, 3.05) is 31.2 Å². The lowest BCUT2D eigenvalue weighted by Crippen LogP contribution is -2.40. The van der Waals surface area contributed by atoms with Crippen LogP contribution < -0.4 is 15.2 Å². The Labute approximate surface area is 201 Å². The number of rotatable bonds is 8. The monoisotopic (exact) mass is 486 g/mol. The summed E-state index contributed by atoms with van der Waals surface area (Å²) >= 11 is 6.43. The maximum absolute atomic E-state index is 12.5. The Balaban J connectivity index is 1.60. The van der Waals surface area contributed by atoms with E-state index < -0.39 is 18.1 Å². The van der Waals surface area contributed by atoms with Gasteiger partial charge in [0.25, 0.3) is 5.56 Å². The van der Waals surface area contributed by atoms with E-state index in [-0.39, 0.29) is 11.9 Å². The van der Waals surface area contributed by atoms with E-state index in [1.807, 2.05) is 25.1 Å². The number of halogens is 1. The molecule has 1 fully saturated rings. The molecule has 0 bridgehead atoms. The van der Waals surface area contributed by atoms with Gasteiger partial charge in [0.15, 0.2) is 12.4 Å². The van der Waals surface area contributed by atoms with Crippen molar-refractivity contribution >= 4 is 34.4 Å². The maximum atomic E-state index is 12.5. The fourth-order valence-corrected chi connectivity index (χ4v) is 4.37. The van der Waals surface area contributed by atoms with E-state index in [0.717, 1.165) is 36.9 Å². The van der Waals surface area contributed by atoms with Crippen LogP contribution >= 0.6 is 11.6 Å². The number of benzene rings is 1. The van der Waals surface area contributed by atoms with E-state index in [1.54, 1.807) is 19.3 Å². The van der Waals surface area contributed by atoms with E-state index in [9.17, 15) is 9.59 Å². The van der Waals surface area contributed by atoms with Gasteiger partial charge in [0.1, 0.15) is 0 Å². The third-order valence-electron chi connectivity index (χ3n) is 5.85. The van der Waals surface area contributed by atoms with Crippen LogP contribution in [-0.4, -0.2) is 58.0 Å². The molecular weight excluding hydrogens is 460 g/mol. The zero-order valence-corrected chi connectivity index (χ0v) is 19.9. The van der Waals surface area contributed by atoms with Crippen LogP contribution in [0.5, 0.6) is 5.75 Å². The van der Waals surface area contributed by atoms with Gasteiger partial charge in [0.2, 0.25) is 5.95 Å². The van der Waals surface area contributed by atoms with Gasteiger partial charge in [-0.05, 0) is 43.5 Å². The number of aromatic nitrogens is 3. The summed E-state index contributed by atoms with van der Waals surface area (Å²) in [4.78, 5) is 34.6. The number of pyridine rings is 1. The lowest BCUT2D eigenvalue weighted by atomic mass is 10.1. The van der Waals surface area contributed by atoms with Crippen LogP contribution in [0.2, 0.25) is 5.02 Å². The van der Waals surface area contributed by atoms with Gasteiger partial charge >= 0.3 is 5.97 Å². The molecule has 1 aromatic carbocycles. The van der Waals surface area contributed by atoms with Crippen LogP contribution in [0.25, 0.3) is 10.9 Å². The number of hydrogen-bond acceptors (Lipinski definition) is 7. The summed E-state index contributed by atoms with van der Waals surface area (Å²) in [6.45, 7) is 3.71. The SMILES string of the molecule is CCOC1CCCN(c2ncc(Cl)c(Cc3ccc4c(c3)cc(OCC(=O)O)c(=O)n4C)n2)C1. The van der Waals surface area contributed by atoms with Gasteiger partial charge in [0.05, 0.1) is 28.5 Å². The lowest BCUT2D eigenvalue weighted by molar-refractivity contribution is -0.139. The number of hydrogen-bond donors (Lipinski definition) is 1. The van der Waals surface area contributed by atoms with E-state index in [1.165, 1.54) is 4.57 Å². The Morgan fingerprint density at radius 1 is 1.32 bits per heavy atom. The summed E-state index contributed by atoms with van der Waals surface area (Å²) < 4.78 is 12.4. The average molecular weight is 487 g/mol. The van der Waals surface area contributed by atoms with Crippen molar-refractivity contribution in [3.05, 3.63) is 57.1 Å². The lowest BCUT2D eigenvalue weighted by Gasteiger charge is -2.32. The summed E-state index contributed by atoms with van der Waals surface area (Å²) in [6.07, 6.45) is 4.32. The molecule has 0 radical (unpaired) electrons. The smallest absolute Gasteiger partial charge is 0.341 e. The first kappa shape index (κ1) is 24.0. The van der Waals surface area contributed by atoms with Crippen LogP contribution in [-0.2, 0) is 23.0 Å². The van der Waals surface area contributed by atoms with Gasteiger partial charge in [-0.15, -0.1) is 0 Å². The summed E-state index contributed by atoms with van der Waals surface area (Å²) in [5.74, 6) is -0.520. The molecule has 9 nitrogen and oxygen atoms in total. The first-order chi connectivity index (χ1) is 16.4. The predicted molar refractivity (Wildman–Crippen MR) is 129 cm³/mol. The molecule has 1 aliphatic rings. The molecule has 0 spiro atoms. The molecule has 10 heteroatoms. The molecule has 3 heterocycles. The number of aliphatic carboxylic acids is 1. The molecular formula is C24H27ClN4O5. The summed E-state index contributed by atoms with van der Waals surface area (Å²) in [7, 11) is 1.62. The van der Waals surface area contributed by atoms with Crippen molar-refractivity contribution in [3.63, 3.8) is 0 Å². The summed E-state index contributed by atoms with van der Waals surface area (Å²) in [6, 6.07) is 7.26. The van der Waals surface area contributed by atoms with Gasteiger partial charge in [-0.1, -0.05) is 17.7 Å². The standard InChI is InChI=1S/C24H27ClN4O5/c1-3-33-17-5-4-8-29(13-17)24-26-12-18(25)19(27-24)10-15-6-7-20-16(9-15)11-21(23(32)28(20)2)34-14-22(30)31/h6-7,9,11-12,17H,3-5,8,10,13-14H2,1-2H3,(H,30,31). The minimum atomic E-state index is -1.15. The topological polar surface area (TPSA) is 107 Å². The molecule has 0 saturated carbocycles. The Hall–Kier alpha value is -3.17. The predicted octanol–water partition coefficient (Wildman–Crippen LogP) is 3.04. The highest BCUT2D eigenvalue weighted by molar-refractivity contribution is 6.31. The molecule has 1 N–H and O–H groups in total. The van der Waals surface area contributed by atoms with Gasteiger partial charge in [-0.3, -0.25) is 4.79 Å². The molecule has 0 aliphatic carbocycles. The van der Waals surface area contributed by atoms with Crippen LogP contribution in [0.3, 0.4) is 0 Å². The number of carbonyl (C=O) groups is 1. The van der Waals surface area contributed by atoms with E-state index >= 15 is 0 Å². The van der Waals surface area contributed by atoms with Crippen molar-refractivity contribution in [3.8, 4) is 5.75 Å². The fraction of sp³-hybridized carbons (Fsp3) is 0.417. The third-order valence-corrected chi connectivity index (χ3v) is 6.16. The number of aryl methyl sites for hydroxylation is 1. The van der Waals surface area contributed by atoms with Crippen LogP contribution in [0.1, 0.15) is 31.0 Å².